The molecule has 2 N–H and O–H groups in total. The van der Waals surface area contributed by atoms with Gasteiger partial charge in [0.25, 0.3) is 5.91 Å². The van der Waals surface area contributed by atoms with Gasteiger partial charge in [0.2, 0.25) is 5.95 Å². The van der Waals surface area contributed by atoms with Gasteiger partial charge in [0, 0.05) is 11.8 Å². The predicted molar refractivity (Wildman–Crippen MR) is 92.4 cm³/mol. The van der Waals surface area contributed by atoms with Crippen LogP contribution < -0.4 is 15.4 Å². The number of ether oxygens (including phenoxy) is 1. The number of nitrogens with zero attached hydrogens (tertiary/aromatic N) is 3. The Labute approximate surface area is 152 Å². The topological polar surface area (TPSA) is 80.5 Å². The Morgan fingerprint density at radius 1 is 1.26 bits per heavy atom. The van der Waals surface area contributed by atoms with Crippen molar-refractivity contribution in [1.29, 1.82) is 0 Å². The summed E-state index contributed by atoms with van der Waals surface area (Å²) in [6, 6.07) is 7.96. The van der Waals surface area contributed by atoms with E-state index in [1.54, 1.807) is 4.52 Å². The van der Waals surface area contributed by atoms with Gasteiger partial charge < -0.3 is 15.4 Å². The second-order valence-electron chi connectivity index (χ2n) is 5.78. The number of anilines is 2. The summed E-state index contributed by atoms with van der Waals surface area (Å²) in [6.07, 6.45) is -2.66. The molecule has 7 nitrogen and oxygen atoms in total. The highest BCUT2D eigenvalue weighted by atomic mass is 19.4. The summed E-state index contributed by atoms with van der Waals surface area (Å²) in [5.74, 6) is -0.267. The first-order chi connectivity index (χ1) is 12.7. The number of pyridine rings is 1. The number of rotatable bonds is 5. The largest absolute Gasteiger partial charge is 0.495 e. The fraction of sp³-hybridized carbons (Fsp3) is 0.235. The molecule has 10 heteroatoms. The van der Waals surface area contributed by atoms with Gasteiger partial charge in [0.1, 0.15) is 12.3 Å². The van der Waals surface area contributed by atoms with E-state index in [1.807, 2.05) is 30.6 Å². The molecule has 0 unspecified atom stereocenters. The molecule has 0 aliphatic rings. The van der Waals surface area contributed by atoms with Crippen LogP contribution in [0, 0.1) is 6.92 Å². The summed E-state index contributed by atoms with van der Waals surface area (Å²) >= 11 is 0. The fourth-order valence-electron chi connectivity index (χ4n) is 2.38. The molecule has 0 aliphatic heterocycles. The van der Waals surface area contributed by atoms with E-state index in [4.69, 9.17) is 4.74 Å². The quantitative estimate of drug-likeness (QED) is 0.712. The molecule has 0 bridgehead atoms. The number of nitrogens with one attached hydrogen (secondary N) is 2. The molecule has 0 aliphatic carbocycles. The number of aryl methyl sites for hydroxylation is 1. The lowest BCUT2D eigenvalue weighted by Gasteiger charge is -2.12. The zero-order chi connectivity index (χ0) is 19.6. The Hall–Kier alpha value is -3.30. The second kappa shape index (κ2) is 7.14. The maximum atomic E-state index is 12.2. The van der Waals surface area contributed by atoms with Crippen molar-refractivity contribution in [3.8, 4) is 5.75 Å². The van der Waals surface area contributed by atoms with Crippen molar-refractivity contribution in [1.82, 2.24) is 19.9 Å². The van der Waals surface area contributed by atoms with Crippen molar-refractivity contribution in [3.63, 3.8) is 0 Å². The van der Waals surface area contributed by atoms with Crippen LogP contribution in [-0.2, 0) is 0 Å². The van der Waals surface area contributed by atoms with Crippen molar-refractivity contribution in [2.24, 2.45) is 0 Å². The Bertz CT molecular complexity index is 984. The Kier molecular flexibility index (Phi) is 4.89. The molecule has 0 atom stereocenters. The maximum Gasteiger partial charge on any atom is 0.405 e. The highest BCUT2D eigenvalue weighted by molar-refractivity contribution is 5.95. The third-order valence-corrected chi connectivity index (χ3v) is 3.64. The van der Waals surface area contributed by atoms with Gasteiger partial charge >= 0.3 is 6.18 Å². The van der Waals surface area contributed by atoms with Crippen LogP contribution in [0.5, 0.6) is 5.75 Å². The molecule has 2 aromatic heterocycles. The van der Waals surface area contributed by atoms with E-state index in [0.717, 1.165) is 5.56 Å². The van der Waals surface area contributed by atoms with Crippen molar-refractivity contribution >= 4 is 23.2 Å². The number of methoxy groups -OCH3 is 1. The molecule has 1 amide bonds. The van der Waals surface area contributed by atoms with Gasteiger partial charge in [-0.25, -0.2) is 4.52 Å². The highest BCUT2D eigenvalue weighted by Crippen LogP contribution is 2.28. The summed E-state index contributed by atoms with van der Waals surface area (Å²) < 4.78 is 43.5. The smallest absolute Gasteiger partial charge is 0.405 e. The molecular formula is C17H16F3N5O2. The molecule has 3 rings (SSSR count). The first-order valence-corrected chi connectivity index (χ1v) is 7.88. The molecule has 2 heterocycles. The molecular weight excluding hydrogens is 363 g/mol. The van der Waals surface area contributed by atoms with Crippen molar-refractivity contribution in [2.45, 2.75) is 13.1 Å². The average Bonchev–Trinajstić information content (AvgIpc) is 3.00. The summed E-state index contributed by atoms with van der Waals surface area (Å²) in [5, 5.41) is 9.08. The zero-order valence-electron chi connectivity index (χ0n) is 14.5. The second-order valence-corrected chi connectivity index (χ2v) is 5.78. The number of aromatic nitrogens is 3. The van der Waals surface area contributed by atoms with Gasteiger partial charge in [-0.15, -0.1) is 5.10 Å². The minimum absolute atomic E-state index is 0.0419. The van der Waals surface area contributed by atoms with Crippen LogP contribution in [0.25, 0.3) is 5.65 Å². The maximum absolute atomic E-state index is 12.2. The third kappa shape index (κ3) is 4.46. The van der Waals surface area contributed by atoms with E-state index in [2.05, 4.69) is 15.4 Å². The first kappa shape index (κ1) is 18.5. The van der Waals surface area contributed by atoms with Gasteiger partial charge in [0.05, 0.1) is 12.8 Å². The zero-order valence-corrected chi connectivity index (χ0v) is 14.5. The van der Waals surface area contributed by atoms with Crippen LogP contribution in [0.2, 0.25) is 0 Å². The number of alkyl halides is 3. The Balaban J connectivity index is 1.80. The number of benzene rings is 1. The lowest BCUT2D eigenvalue weighted by Crippen LogP contribution is -2.33. The molecule has 0 fully saturated rings. The van der Waals surface area contributed by atoms with E-state index < -0.39 is 18.6 Å². The van der Waals surface area contributed by atoms with Gasteiger partial charge in [-0.05, 0) is 36.8 Å². The molecule has 27 heavy (non-hydrogen) atoms. The number of hydrogen-bond donors (Lipinski definition) is 2. The van der Waals surface area contributed by atoms with E-state index in [0.29, 0.717) is 17.3 Å². The van der Waals surface area contributed by atoms with Crippen LogP contribution in [0.3, 0.4) is 0 Å². The van der Waals surface area contributed by atoms with E-state index in [-0.39, 0.29) is 11.3 Å². The molecule has 3 aromatic rings. The highest BCUT2D eigenvalue weighted by Gasteiger charge is 2.28. The van der Waals surface area contributed by atoms with E-state index >= 15 is 0 Å². The van der Waals surface area contributed by atoms with Crippen LogP contribution in [0.4, 0.5) is 24.8 Å². The van der Waals surface area contributed by atoms with Crippen molar-refractivity contribution in [2.75, 3.05) is 19.0 Å². The van der Waals surface area contributed by atoms with Gasteiger partial charge in [-0.1, -0.05) is 6.07 Å². The minimum Gasteiger partial charge on any atom is -0.495 e. The first-order valence-electron chi connectivity index (χ1n) is 7.88. The van der Waals surface area contributed by atoms with E-state index in [1.165, 1.54) is 25.3 Å². The summed E-state index contributed by atoms with van der Waals surface area (Å²) in [6.45, 7) is 0.526. The molecule has 1 aromatic carbocycles. The fourth-order valence-corrected chi connectivity index (χ4v) is 2.38. The SMILES string of the molecule is COc1cc(C(=O)NCC(F)(F)F)ccc1Nc1nc2ccc(C)cn2n1. The molecule has 0 radical (unpaired) electrons. The summed E-state index contributed by atoms with van der Waals surface area (Å²) in [5.41, 5.74) is 2.17. The normalized spacial score (nSPS) is 11.4. The molecule has 0 saturated heterocycles. The van der Waals surface area contributed by atoms with E-state index in [9.17, 15) is 18.0 Å². The Morgan fingerprint density at radius 2 is 2.04 bits per heavy atom. The average molecular weight is 379 g/mol. The molecule has 0 spiro atoms. The summed E-state index contributed by atoms with van der Waals surface area (Å²) in [7, 11) is 1.39. The van der Waals surface area contributed by atoms with Gasteiger partial charge in [-0.3, -0.25) is 4.79 Å². The number of amides is 1. The Morgan fingerprint density at radius 3 is 2.74 bits per heavy atom. The monoisotopic (exact) mass is 379 g/mol. The third-order valence-electron chi connectivity index (χ3n) is 3.64. The molecule has 142 valence electrons. The van der Waals surface area contributed by atoms with Gasteiger partial charge in [0.15, 0.2) is 5.65 Å². The summed E-state index contributed by atoms with van der Waals surface area (Å²) in [4.78, 5) is 16.2. The number of halogens is 3. The van der Waals surface area contributed by atoms with Crippen LogP contribution in [0.15, 0.2) is 36.5 Å². The van der Waals surface area contributed by atoms with Crippen LogP contribution in [-0.4, -0.2) is 40.3 Å². The predicted octanol–water partition coefficient (Wildman–Crippen LogP) is 3.08. The molecule has 0 saturated carbocycles. The minimum atomic E-state index is -4.48. The number of carbonyl (C=O) groups excluding carboxylic acids is 1. The lowest BCUT2D eigenvalue weighted by atomic mass is 10.1. The van der Waals surface area contributed by atoms with Gasteiger partial charge in [-0.2, -0.15) is 18.2 Å². The number of carbonyl (C=O) groups is 1. The van der Waals surface area contributed by atoms with Crippen LogP contribution >= 0.6 is 0 Å². The lowest BCUT2D eigenvalue weighted by molar-refractivity contribution is -0.123. The number of fused-ring (bicyclic) bond motifs is 1. The standard InChI is InChI=1S/C17H16F3N5O2/c1-10-3-6-14-23-16(24-25(14)8-10)22-12-5-4-11(7-13(12)27-2)15(26)21-9-17(18,19)20/h3-8H,9H2,1-2H3,(H,21,26)(H,22,24). The van der Waals surface area contributed by atoms with Crippen molar-refractivity contribution in [3.05, 3.63) is 47.7 Å². The van der Waals surface area contributed by atoms with Crippen molar-refractivity contribution < 1.29 is 22.7 Å². The van der Waals surface area contributed by atoms with Crippen LogP contribution in [0.1, 0.15) is 15.9 Å². The number of hydrogen-bond acceptors (Lipinski definition) is 5.